The van der Waals surface area contributed by atoms with Gasteiger partial charge in [0, 0.05) is 23.7 Å². The highest BCUT2D eigenvalue weighted by Crippen LogP contribution is 2.30. The molecule has 5 heteroatoms. The first-order chi connectivity index (χ1) is 14.9. The number of methoxy groups -OCH3 is 1. The van der Waals surface area contributed by atoms with Gasteiger partial charge in [-0.25, -0.2) is 0 Å². The van der Waals surface area contributed by atoms with Gasteiger partial charge < -0.3 is 9.64 Å². The molecule has 0 saturated heterocycles. The summed E-state index contributed by atoms with van der Waals surface area (Å²) in [7, 11) is 1.37. The van der Waals surface area contributed by atoms with Crippen LogP contribution in [0.5, 0.6) is 0 Å². The average Bonchev–Trinajstić information content (AvgIpc) is 2.77. The maximum Gasteiger partial charge on any atom is 0.309 e. The van der Waals surface area contributed by atoms with Crippen molar-refractivity contribution in [2.45, 2.75) is 26.8 Å². The van der Waals surface area contributed by atoms with Gasteiger partial charge in [0.05, 0.1) is 13.5 Å². The van der Waals surface area contributed by atoms with Crippen LogP contribution in [-0.4, -0.2) is 30.4 Å². The van der Waals surface area contributed by atoms with Gasteiger partial charge in [-0.3, -0.25) is 9.59 Å². The number of amides is 1. The highest BCUT2D eigenvalue weighted by atomic mass is 35.5. The van der Waals surface area contributed by atoms with Crippen molar-refractivity contribution in [3.05, 3.63) is 94.0 Å². The molecular formula is C26H26ClNO3. The van der Waals surface area contributed by atoms with Gasteiger partial charge in [-0.05, 0) is 60.4 Å². The van der Waals surface area contributed by atoms with E-state index < -0.39 is 0 Å². The van der Waals surface area contributed by atoms with Crippen molar-refractivity contribution in [2.24, 2.45) is 0 Å². The summed E-state index contributed by atoms with van der Waals surface area (Å²) >= 11 is 6.36. The molecule has 0 atom stereocenters. The van der Waals surface area contributed by atoms with Crippen LogP contribution >= 0.6 is 11.6 Å². The van der Waals surface area contributed by atoms with E-state index in [9.17, 15) is 9.59 Å². The highest BCUT2D eigenvalue weighted by molar-refractivity contribution is 6.31. The van der Waals surface area contributed by atoms with Crippen molar-refractivity contribution in [1.82, 2.24) is 4.90 Å². The second-order valence-electron chi connectivity index (χ2n) is 7.45. The van der Waals surface area contributed by atoms with Gasteiger partial charge in [-0.2, -0.15) is 0 Å². The fourth-order valence-electron chi connectivity index (χ4n) is 3.58. The summed E-state index contributed by atoms with van der Waals surface area (Å²) in [6.07, 6.45) is 0.152. The molecule has 31 heavy (non-hydrogen) atoms. The molecule has 3 rings (SSSR count). The van der Waals surface area contributed by atoms with Crippen molar-refractivity contribution in [3.63, 3.8) is 0 Å². The highest BCUT2D eigenvalue weighted by Gasteiger charge is 2.17. The van der Waals surface area contributed by atoms with Gasteiger partial charge >= 0.3 is 5.97 Å². The van der Waals surface area contributed by atoms with E-state index in [1.807, 2.05) is 73.3 Å². The Morgan fingerprint density at radius 2 is 1.74 bits per heavy atom. The van der Waals surface area contributed by atoms with Crippen LogP contribution in [0.25, 0.3) is 11.1 Å². The van der Waals surface area contributed by atoms with Crippen LogP contribution in [-0.2, 0) is 22.5 Å². The number of hydrogen-bond acceptors (Lipinski definition) is 3. The SMILES string of the molecule is CCN(Cc1cc(C)ccc1-c1cc(Cl)cc(CC(=O)OC)c1)C(=O)c1ccccc1. The lowest BCUT2D eigenvalue weighted by molar-refractivity contribution is -0.139. The average molecular weight is 436 g/mol. The predicted octanol–water partition coefficient (Wildman–Crippen LogP) is 5.69. The topological polar surface area (TPSA) is 46.6 Å². The van der Waals surface area contributed by atoms with E-state index in [-0.39, 0.29) is 18.3 Å². The molecule has 0 fully saturated rings. The second-order valence-corrected chi connectivity index (χ2v) is 7.88. The van der Waals surface area contributed by atoms with E-state index in [0.29, 0.717) is 23.7 Å². The zero-order chi connectivity index (χ0) is 22.4. The largest absolute Gasteiger partial charge is 0.469 e. The van der Waals surface area contributed by atoms with Gasteiger partial charge in [0.2, 0.25) is 0 Å². The Morgan fingerprint density at radius 1 is 1.00 bits per heavy atom. The zero-order valence-corrected chi connectivity index (χ0v) is 18.8. The number of carbonyl (C=O) groups excluding carboxylic acids is 2. The maximum atomic E-state index is 13.0. The molecule has 0 radical (unpaired) electrons. The molecular weight excluding hydrogens is 410 g/mol. The molecule has 4 nitrogen and oxygen atoms in total. The fourth-order valence-corrected chi connectivity index (χ4v) is 3.84. The number of aryl methyl sites for hydroxylation is 1. The van der Waals surface area contributed by atoms with E-state index in [4.69, 9.17) is 16.3 Å². The molecule has 1 amide bonds. The standard InChI is InChI=1S/C26H26ClNO3/c1-4-28(26(30)20-8-6-5-7-9-20)17-22-12-18(2)10-11-24(22)21-13-19(14-23(27)16-21)15-25(29)31-3/h5-14,16H,4,15,17H2,1-3H3. The monoisotopic (exact) mass is 435 g/mol. The molecule has 0 aromatic heterocycles. The first kappa shape index (κ1) is 22.6. The fraction of sp³-hybridized carbons (Fsp3) is 0.231. The number of esters is 1. The summed E-state index contributed by atoms with van der Waals surface area (Å²) in [5.41, 5.74) is 5.48. The molecule has 0 unspecified atom stereocenters. The molecule has 160 valence electrons. The number of hydrogen-bond donors (Lipinski definition) is 0. The molecule has 0 bridgehead atoms. The van der Waals surface area contributed by atoms with Crippen LogP contribution < -0.4 is 0 Å². The minimum absolute atomic E-state index is 0.00645. The first-order valence-corrected chi connectivity index (χ1v) is 10.6. The summed E-state index contributed by atoms with van der Waals surface area (Å²) < 4.78 is 4.79. The Kier molecular flexibility index (Phi) is 7.48. The Bertz CT molecular complexity index is 1080. The number of nitrogens with zero attached hydrogens (tertiary/aromatic N) is 1. The molecule has 0 aliphatic rings. The molecule has 0 N–H and O–H groups in total. The van der Waals surface area contributed by atoms with Gasteiger partial charge in [-0.15, -0.1) is 0 Å². The van der Waals surface area contributed by atoms with Crippen LogP contribution in [0.3, 0.4) is 0 Å². The summed E-state index contributed by atoms with van der Waals surface area (Å²) in [5.74, 6) is -0.323. The third-order valence-electron chi connectivity index (χ3n) is 5.16. The number of halogens is 1. The Morgan fingerprint density at radius 3 is 2.42 bits per heavy atom. The first-order valence-electron chi connectivity index (χ1n) is 10.2. The Balaban J connectivity index is 1.97. The molecule has 0 spiro atoms. The van der Waals surface area contributed by atoms with Gasteiger partial charge in [0.1, 0.15) is 0 Å². The lowest BCUT2D eigenvalue weighted by Crippen LogP contribution is -2.30. The van der Waals surface area contributed by atoms with Crippen molar-refractivity contribution < 1.29 is 14.3 Å². The van der Waals surface area contributed by atoms with Crippen LogP contribution in [0.2, 0.25) is 5.02 Å². The van der Waals surface area contributed by atoms with E-state index >= 15 is 0 Å². The number of benzene rings is 3. The van der Waals surface area contributed by atoms with E-state index in [1.54, 1.807) is 6.07 Å². The quantitative estimate of drug-likeness (QED) is 0.447. The Labute approximate surface area is 188 Å². The lowest BCUT2D eigenvalue weighted by Gasteiger charge is -2.23. The van der Waals surface area contributed by atoms with E-state index in [1.165, 1.54) is 7.11 Å². The Hall–Kier alpha value is -3.11. The van der Waals surface area contributed by atoms with E-state index in [0.717, 1.165) is 27.8 Å². The summed E-state index contributed by atoms with van der Waals surface area (Å²) in [6.45, 7) is 5.07. The number of ether oxygens (including phenoxy) is 1. The summed E-state index contributed by atoms with van der Waals surface area (Å²) in [4.78, 5) is 26.6. The van der Waals surface area contributed by atoms with Gasteiger partial charge in [0.25, 0.3) is 5.91 Å². The number of rotatable bonds is 7. The van der Waals surface area contributed by atoms with Crippen LogP contribution in [0.1, 0.15) is 34.0 Å². The van der Waals surface area contributed by atoms with Crippen molar-refractivity contribution in [2.75, 3.05) is 13.7 Å². The van der Waals surface area contributed by atoms with Crippen LogP contribution in [0.15, 0.2) is 66.7 Å². The normalized spacial score (nSPS) is 10.6. The minimum atomic E-state index is -0.317. The third kappa shape index (κ3) is 5.74. The molecule has 0 aliphatic heterocycles. The predicted molar refractivity (Wildman–Crippen MR) is 124 cm³/mol. The zero-order valence-electron chi connectivity index (χ0n) is 18.0. The third-order valence-corrected chi connectivity index (χ3v) is 5.37. The van der Waals surface area contributed by atoms with Crippen LogP contribution in [0, 0.1) is 6.92 Å². The van der Waals surface area contributed by atoms with Crippen LogP contribution in [0.4, 0.5) is 0 Å². The van der Waals surface area contributed by atoms with Gasteiger partial charge in [-0.1, -0.05) is 59.6 Å². The number of carbonyl (C=O) groups is 2. The lowest BCUT2D eigenvalue weighted by atomic mass is 9.95. The van der Waals surface area contributed by atoms with E-state index in [2.05, 4.69) is 6.07 Å². The molecule has 0 aliphatic carbocycles. The summed E-state index contributed by atoms with van der Waals surface area (Å²) in [5, 5.41) is 0.552. The molecule has 3 aromatic carbocycles. The van der Waals surface area contributed by atoms with Crippen molar-refractivity contribution >= 4 is 23.5 Å². The van der Waals surface area contributed by atoms with Gasteiger partial charge in [0.15, 0.2) is 0 Å². The minimum Gasteiger partial charge on any atom is -0.469 e. The molecule has 0 heterocycles. The molecule has 3 aromatic rings. The smallest absolute Gasteiger partial charge is 0.309 e. The maximum absolute atomic E-state index is 13.0. The molecule has 0 saturated carbocycles. The summed E-state index contributed by atoms with van der Waals surface area (Å²) in [6, 6.07) is 21.1. The van der Waals surface area contributed by atoms with Crippen molar-refractivity contribution in [1.29, 1.82) is 0 Å². The second kappa shape index (κ2) is 10.3. The van der Waals surface area contributed by atoms with Crippen molar-refractivity contribution in [3.8, 4) is 11.1 Å².